The molecule has 0 aliphatic carbocycles. The van der Waals surface area contributed by atoms with Gasteiger partial charge in [-0.3, -0.25) is 4.90 Å². The highest BCUT2D eigenvalue weighted by atomic mass is 127. The van der Waals surface area contributed by atoms with Crippen molar-refractivity contribution in [2.24, 2.45) is 0 Å². The van der Waals surface area contributed by atoms with Gasteiger partial charge in [0.2, 0.25) is 10.0 Å². The largest absolute Gasteiger partial charge is 0.332 e. The van der Waals surface area contributed by atoms with Crippen LogP contribution in [0.1, 0.15) is 44.9 Å². The van der Waals surface area contributed by atoms with E-state index in [1.165, 1.54) is 24.4 Å². The average molecular weight is 585 g/mol. The first kappa shape index (κ1) is 25.3. The number of carbonyl (C=O) groups is 1. The molecule has 3 rings (SSSR count). The highest BCUT2D eigenvalue weighted by Gasteiger charge is 2.47. The summed E-state index contributed by atoms with van der Waals surface area (Å²) in [6.45, 7) is 7.97. The predicted octanol–water partition coefficient (Wildman–Crippen LogP) is 4.19. The number of carbonyl (C=O) groups excluding carboxylic acids is 1. The van der Waals surface area contributed by atoms with Crippen molar-refractivity contribution in [1.29, 1.82) is 5.26 Å². The van der Waals surface area contributed by atoms with Crippen molar-refractivity contribution in [3.63, 3.8) is 0 Å². The topological polar surface area (TPSA) is 115 Å². The van der Waals surface area contributed by atoms with Gasteiger partial charge in [-0.25, -0.2) is 27.3 Å². The van der Waals surface area contributed by atoms with E-state index in [-0.39, 0.29) is 27.4 Å². The highest BCUT2D eigenvalue weighted by molar-refractivity contribution is 14.1. The number of alkyl halides is 1. The Kier molecular flexibility index (Phi) is 7.60. The van der Waals surface area contributed by atoms with Crippen LogP contribution in [0, 0.1) is 17.1 Å². The number of nitrogens with zero attached hydrogens (tertiary/aromatic N) is 3. The lowest BCUT2D eigenvalue weighted by molar-refractivity contribution is 0.128. The second kappa shape index (κ2) is 9.90. The summed E-state index contributed by atoms with van der Waals surface area (Å²) in [4.78, 5) is 18.7. The molecule has 1 fully saturated rings. The van der Waals surface area contributed by atoms with E-state index in [0.717, 1.165) is 0 Å². The number of sulfonamides is 1. The second-order valence-electron chi connectivity index (χ2n) is 8.42. The molecule has 1 aliphatic rings. The maximum atomic E-state index is 14.4. The molecule has 2 unspecified atom stereocenters. The molecule has 1 aromatic carbocycles. The van der Waals surface area contributed by atoms with Crippen molar-refractivity contribution in [2.75, 3.05) is 11.9 Å². The molecule has 1 aliphatic heterocycles. The minimum absolute atomic E-state index is 0.133. The van der Waals surface area contributed by atoms with E-state index in [1.807, 2.05) is 38.7 Å². The Bertz CT molecular complexity index is 1210. The van der Waals surface area contributed by atoms with E-state index in [0.29, 0.717) is 23.2 Å². The lowest BCUT2D eigenvalue weighted by Gasteiger charge is -2.46. The molecule has 1 aromatic heterocycles. The number of amides is 2. The van der Waals surface area contributed by atoms with E-state index in [1.54, 1.807) is 6.07 Å². The number of rotatable bonds is 6. The van der Waals surface area contributed by atoms with Crippen molar-refractivity contribution in [2.45, 2.75) is 49.0 Å². The Morgan fingerprint density at radius 3 is 2.58 bits per heavy atom. The first-order valence-electron chi connectivity index (χ1n) is 10.4. The van der Waals surface area contributed by atoms with Crippen LogP contribution in [0.5, 0.6) is 0 Å². The van der Waals surface area contributed by atoms with Crippen LogP contribution in [-0.2, 0) is 10.0 Å². The Morgan fingerprint density at radius 2 is 2.00 bits per heavy atom. The molecule has 2 amide bonds. The van der Waals surface area contributed by atoms with Crippen molar-refractivity contribution >= 4 is 44.3 Å². The standard InChI is InChI=1S/C22H25FIN5O3S/c1-12(2)17-8-15(23)9-18(14-5-6-26-16(7-14)10-25)20(17)27-22(30)28-33(31,32)19-11-29(13(3)4)21(19)24/h5-9,12-13,19,21H,11H2,1-4H3,(H2,27,28,30). The maximum absolute atomic E-state index is 14.4. The van der Waals surface area contributed by atoms with E-state index >= 15 is 0 Å². The molecule has 176 valence electrons. The van der Waals surface area contributed by atoms with Gasteiger partial charge in [0.05, 0.1) is 9.74 Å². The highest BCUT2D eigenvalue weighted by Crippen LogP contribution is 2.36. The summed E-state index contributed by atoms with van der Waals surface area (Å²) < 4.78 is 41.9. The van der Waals surface area contributed by atoms with Gasteiger partial charge in [0, 0.05) is 24.3 Å². The zero-order chi connectivity index (χ0) is 24.5. The van der Waals surface area contributed by atoms with Gasteiger partial charge in [-0.2, -0.15) is 5.26 Å². The molecule has 0 saturated carbocycles. The van der Waals surface area contributed by atoms with Crippen LogP contribution < -0.4 is 10.0 Å². The number of nitriles is 1. The molecule has 0 radical (unpaired) electrons. The smallest absolute Gasteiger partial charge is 0.306 e. The number of hydrogen-bond acceptors (Lipinski definition) is 6. The van der Waals surface area contributed by atoms with E-state index in [4.69, 9.17) is 5.26 Å². The number of benzene rings is 1. The van der Waals surface area contributed by atoms with Crippen LogP contribution in [0.3, 0.4) is 0 Å². The van der Waals surface area contributed by atoms with Crippen LogP contribution in [0.4, 0.5) is 14.9 Å². The molecule has 11 heteroatoms. The third-order valence-corrected chi connectivity index (χ3v) is 9.24. The summed E-state index contributed by atoms with van der Waals surface area (Å²) in [5.74, 6) is -0.688. The first-order chi connectivity index (χ1) is 15.4. The molecule has 2 N–H and O–H groups in total. The molecular weight excluding hydrogens is 560 g/mol. The average Bonchev–Trinajstić information content (AvgIpc) is 2.72. The number of hydrogen-bond donors (Lipinski definition) is 2. The molecule has 2 aromatic rings. The van der Waals surface area contributed by atoms with Crippen molar-refractivity contribution in [1.82, 2.24) is 14.6 Å². The zero-order valence-corrected chi connectivity index (χ0v) is 21.6. The quantitative estimate of drug-likeness (QED) is 0.299. The summed E-state index contributed by atoms with van der Waals surface area (Å²) in [5, 5.41) is 11.1. The molecule has 0 spiro atoms. The fraction of sp³-hybridized carbons (Fsp3) is 0.409. The Balaban J connectivity index is 1.92. The number of halogens is 2. The summed E-state index contributed by atoms with van der Waals surface area (Å²) >= 11 is 2.07. The monoisotopic (exact) mass is 585 g/mol. The Morgan fingerprint density at radius 1 is 1.30 bits per heavy atom. The number of aromatic nitrogens is 1. The van der Waals surface area contributed by atoms with Gasteiger partial charge in [-0.05, 0) is 55.2 Å². The predicted molar refractivity (Wildman–Crippen MR) is 133 cm³/mol. The fourth-order valence-electron chi connectivity index (χ4n) is 3.67. The van der Waals surface area contributed by atoms with Crippen LogP contribution in [0.15, 0.2) is 30.5 Å². The third-order valence-electron chi connectivity index (χ3n) is 5.49. The van der Waals surface area contributed by atoms with Crippen LogP contribution in [0.25, 0.3) is 11.1 Å². The van der Waals surface area contributed by atoms with Gasteiger partial charge in [0.25, 0.3) is 0 Å². The van der Waals surface area contributed by atoms with E-state index in [2.05, 4.69) is 37.6 Å². The van der Waals surface area contributed by atoms with Gasteiger partial charge in [0.1, 0.15) is 22.8 Å². The van der Waals surface area contributed by atoms with Gasteiger partial charge < -0.3 is 5.32 Å². The SMILES string of the molecule is CC(C)c1cc(F)cc(-c2ccnc(C#N)c2)c1NC(=O)NS(=O)(=O)C1CN(C(C)C)C1I. The Labute approximate surface area is 206 Å². The summed E-state index contributed by atoms with van der Waals surface area (Å²) in [6.07, 6.45) is 1.42. The van der Waals surface area contributed by atoms with Crippen molar-refractivity contribution < 1.29 is 17.6 Å². The Hall–Kier alpha value is -2.30. The molecule has 0 bridgehead atoms. The molecule has 8 nitrogen and oxygen atoms in total. The normalized spacial score (nSPS) is 18.6. The van der Waals surface area contributed by atoms with Gasteiger partial charge >= 0.3 is 6.03 Å². The first-order valence-corrected chi connectivity index (χ1v) is 13.2. The zero-order valence-electron chi connectivity index (χ0n) is 18.6. The summed E-state index contributed by atoms with van der Waals surface area (Å²) in [5.41, 5.74) is 1.70. The van der Waals surface area contributed by atoms with Gasteiger partial charge in [-0.1, -0.05) is 36.4 Å². The number of urea groups is 1. The molecule has 1 saturated heterocycles. The van der Waals surface area contributed by atoms with E-state index < -0.39 is 27.1 Å². The van der Waals surface area contributed by atoms with Crippen molar-refractivity contribution in [3.05, 3.63) is 47.5 Å². The summed E-state index contributed by atoms with van der Waals surface area (Å²) in [6, 6.07) is 6.82. The van der Waals surface area contributed by atoms with Gasteiger partial charge in [-0.15, -0.1) is 0 Å². The molecule has 2 heterocycles. The minimum atomic E-state index is -3.93. The number of anilines is 1. The number of pyridine rings is 1. The second-order valence-corrected chi connectivity index (χ2v) is 11.6. The third kappa shape index (κ3) is 5.44. The molecule has 2 atom stereocenters. The van der Waals surface area contributed by atoms with Gasteiger partial charge in [0.15, 0.2) is 0 Å². The summed E-state index contributed by atoms with van der Waals surface area (Å²) in [7, 11) is -3.93. The lowest BCUT2D eigenvalue weighted by Crippen LogP contribution is -2.64. The number of likely N-dealkylation sites (tertiary alicyclic amines) is 1. The minimum Gasteiger partial charge on any atom is -0.306 e. The van der Waals surface area contributed by atoms with Crippen LogP contribution >= 0.6 is 22.6 Å². The lowest BCUT2D eigenvalue weighted by atomic mass is 9.94. The van der Waals surface area contributed by atoms with E-state index in [9.17, 15) is 17.6 Å². The molecular formula is C22H25FIN5O3S. The number of nitrogens with one attached hydrogen (secondary N) is 2. The maximum Gasteiger partial charge on any atom is 0.332 e. The fourth-order valence-corrected chi connectivity index (χ4v) is 7.21. The van der Waals surface area contributed by atoms with Crippen molar-refractivity contribution in [3.8, 4) is 17.2 Å². The molecule has 33 heavy (non-hydrogen) atoms. The van der Waals surface area contributed by atoms with Crippen LogP contribution in [-0.4, -0.2) is 46.2 Å². The van der Waals surface area contributed by atoms with Crippen LogP contribution in [0.2, 0.25) is 0 Å².